The summed E-state index contributed by atoms with van der Waals surface area (Å²) >= 11 is 0. The van der Waals surface area contributed by atoms with Crippen molar-refractivity contribution >= 4 is 18.5 Å². The van der Waals surface area contributed by atoms with E-state index in [0.29, 0.717) is 6.54 Å². The predicted octanol–water partition coefficient (Wildman–Crippen LogP) is 1.55. The Balaban J connectivity index is 0.00000169. The number of halogens is 1. The second-order valence-corrected chi connectivity index (χ2v) is 3.48. The fourth-order valence-corrected chi connectivity index (χ4v) is 1.71. The summed E-state index contributed by atoms with van der Waals surface area (Å²) < 4.78 is 0. The lowest BCUT2D eigenvalue weighted by atomic mass is 10.1. The third-order valence-electron chi connectivity index (χ3n) is 2.49. The maximum absolute atomic E-state index is 10.8. The lowest BCUT2D eigenvalue weighted by Crippen LogP contribution is -2.53. The van der Waals surface area contributed by atoms with Crippen LogP contribution in [0.4, 0.5) is 4.79 Å². The molecule has 1 rings (SSSR count). The van der Waals surface area contributed by atoms with Gasteiger partial charge in [-0.2, -0.15) is 0 Å². The molecule has 84 valence electrons. The van der Waals surface area contributed by atoms with E-state index < -0.39 is 6.09 Å². The molecule has 5 heteroatoms. The zero-order chi connectivity index (χ0) is 9.68. The number of hydrogen-bond acceptors (Lipinski definition) is 2. The number of nitrogens with one attached hydrogen (secondary N) is 1. The molecule has 1 amide bonds. The van der Waals surface area contributed by atoms with E-state index in [1.54, 1.807) is 4.90 Å². The molecule has 0 aromatic carbocycles. The lowest BCUT2D eigenvalue weighted by Gasteiger charge is -2.34. The Kier molecular flexibility index (Phi) is 6.66. The van der Waals surface area contributed by atoms with Gasteiger partial charge in [-0.3, -0.25) is 0 Å². The molecule has 1 heterocycles. The molecular formula is C9H19ClN2O2. The van der Waals surface area contributed by atoms with Gasteiger partial charge in [-0.25, -0.2) is 4.79 Å². The van der Waals surface area contributed by atoms with Gasteiger partial charge in [-0.15, -0.1) is 12.4 Å². The molecule has 1 aliphatic heterocycles. The van der Waals surface area contributed by atoms with Gasteiger partial charge in [0.25, 0.3) is 0 Å². The van der Waals surface area contributed by atoms with E-state index in [2.05, 4.69) is 12.2 Å². The Morgan fingerprint density at radius 1 is 1.64 bits per heavy atom. The van der Waals surface area contributed by atoms with E-state index in [9.17, 15) is 4.79 Å². The molecule has 1 fully saturated rings. The highest BCUT2D eigenvalue weighted by Gasteiger charge is 2.25. The largest absolute Gasteiger partial charge is 0.465 e. The van der Waals surface area contributed by atoms with Crippen molar-refractivity contribution in [3.8, 4) is 0 Å². The number of carbonyl (C=O) groups is 1. The number of amides is 1. The molecule has 0 saturated carbocycles. The first-order valence-electron chi connectivity index (χ1n) is 4.96. The Hall–Kier alpha value is -0.480. The molecule has 0 aromatic rings. The fraction of sp³-hybridized carbons (Fsp3) is 0.889. The van der Waals surface area contributed by atoms with Crippen molar-refractivity contribution in [1.82, 2.24) is 10.2 Å². The van der Waals surface area contributed by atoms with Gasteiger partial charge in [-0.05, 0) is 6.42 Å². The van der Waals surface area contributed by atoms with Crippen molar-refractivity contribution in [3.05, 3.63) is 0 Å². The Bertz CT molecular complexity index is 178. The fourth-order valence-electron chi connectivity index (χ4n) is 1.71. The van der Waals surface area contributed by atoms with Crippen LogP contribution in [0.2, 0.25) is 0 Å². The standard InChI is InChI=1S/C9H18N2O2.ClH/c1-2-3-4-8-7-10-5-6-11(8)9(12)13;/h8,10H,2-7H2,1H3,(H,12,13);1H. The second-order valence-electron chi connectivity index (χ2n) is 3.48. The molecule has 0 radical (unpaired) electrons. The zero-order valence-electron chi connectivity index (χ0n) is 8.53. The number of rotatable bonds is 3. The highest BCUT2D eigenvalue weighted by Crippen LogP contribution is 2.10. The Morgan fingerprint density at radius 2 is 2.36 bits per heavy atom. The highest BCUT2D eigenvalue weighted by molar-refractivity contribution is 5.85. The molecule has 0 bridgehead atoms. The van der Waals surface area contributed by atoms with Crippen LogP contribution in [0.25, 0.3) is 0 Å². The maximum Gasteiger partial charge on any atom is 0.407 e. The number of nitrogens with zero attached hydrogens (tertiary/aromatic N) is 1. The van der Waals surface area contributed by atoms with Gasteiger partial charge < -0.3 is 15.3 Å². The maximum atomic E-state index is 10.8. The lowest BCUT2D eigenvalue weighted by molar-refractivity contribution is 0.108. The van der Waals surface area contributed by atoms with E-state index in [4.69, 9.17) is 5.11 Å². The smallest absolute Gasteiger partial charge is 0.407 e. The Morgan fingerprint density at radius 3 is 2.93 bits per heavy atom. The summed E-state index contributed by atoms with van der Waals surface area (Å²) in [7, 11) is 0. The van der Waals surface area contributed by atoms with Gasteiger partial charge in [0.15, 0.2) is 0 Å². The van der Waals surface area contributed by atoms with E-state index in [1.165, 1.54) is 0 Å². The second kappa shape index (κ2) is 6.90. The van der Waals surface area contributed by atoms with Crippen molar-refractivity contribution in [2.45, 2.75) is 32.2 Å². The van der Waals surface area contributed by atoms with Gasteiger partial charge in [0.1, 0.15) is 0 Å². The molecule has 14 heavy (non-hydrogen) atoms. The molecule has 0 aliphatic carbocycles. The van der Waals surface area contributed by atoms with Gasteiger partial charge in [0, 0.05) is 25.7 Å². The average Bonchev–Trinajstić information content (AvgIpc) is 2.15. The van der Waals surface area contributed by atoms with Gasteiger partial charge in [0.2, 0.25) is 0 Å². The van der Waals surface area contributed by atoms with Crippen LogP contribution in [-0.4, -0.2) is 41.8 Å². The van der Waals surface area contributed by atoms with Crippen LogP contribution in [0, 0.1) is 0 Å². The summed E-state index contributed by atoms with van der Waals surface area (Å²) in [6, 6.07) is 0.186. The number of hydrogen-bond donors (Lipinski definition) is 2. The van der Waals surface area contributed by atoms with Crippen LogP contribution in [-0.2, 0) is 0 Å². The molecule has 1 atom stereocenters. The van der Waals surface area contributed by atoms with E-state index in [1.807, 2.05) is 0 Å². The summed E-state index contributed by atoms with van der Waals surface area (Å²) in [6.07, 6.45) is 2.44. The normalized spacial score (nSPS) is 21.5. The molecular weight excluding hydrogens is 204 g/mol. The minimum atomic E-state index is -0.775. The van der Waals surface area contributed by atoms with Crippen molar-refractivity contribution in [2.75, 3.05) is 19.6 Å². The SMILES string of the molecule is CCCCC1CNCCN1C(=O)O.Cl. The number of carboxylic acid groups (broad SMARTS) is 1. The average molecular weight is 223 g/mol. The molecule has 2 N–H and O–H groups in total. The van der Waals surface area contributed by atoms with Crippen LogP contribution >= 0.6 is 12.4 Å². The predicted molar refractivity (Wildman–Crippen MR) is 58.2 cm³/mol. The van der Waals surface area contributed by atoms with Crippen LogP contribution in [0.15, 0.2) is 0 Å². The summed E-state index contributed by atoms with van der Waals surface area (Å²) in [5.74, 6) is 0. The van der Waals surface area contributed by atoms with Gasteiger partial charge in [-0.1, -0.05) is 19.8 Å². The molecule has 1 saturated heterocycles. The van der Waals surface area contributed by atoms with Gasteiger partial charge >= 0.3 is 6.09 Å². The molecule has 0 spiro atoms. The van der Waals surface area contributed by atoms with Crippen molar-refractivity contribution < 1.29 is 9.90 Å². The third-order valence-corrected chi connectivity index (χ3v) is 2.49. The number of piperazine rings is 1. The molecule has 0 aromatic heterocycles. The Labute approximate surface area is 91.1 Å². The van der Waals surface area contributed by atoms with E-state index >= 15 is 0 Å². The third kappa shape index (κ3) is 3.72. The van der Waals surface area contributed by atoms with Crippen LogP contribution in [0.3, 0.4) is 0 Å². The van der Waals surface area contributed by atoms with Crippen molar-refractivity contribution in [1.29, 1.82) is 0 Å². The molecule has 1 unspecified atom stereocenters. The summed E-state index contributed by atoms with van der Waals surface area (Å²) in [6.45, 7) is 4.35. The van der Waals surface area contributed by atoms with E-state index in [0.717, 1.165) is 32.4 Å². The first kappa shape index (κ1) is 13.5. The summed E-state index contributed by atoms with van der Waals surface area (Å²) in [5, 5.41) is 12.1. The summed E-state index contributed by atoms with van der Waals surface area (Å²) in [4.78, 5) is 12.4. The number of unbranched alkanes of at least 4 members (excludes halogenated alkanes) is 1. The highest BCUT2D eigenvalue weighted by atomic mass is 35.5. The first-order valence-corrected chi connectivity index (χ1v) is 4.96. The first-order chi connectivity index (χ1) is 6.25. The van der Waals surface area contributed by atoms with Crippen molar-refractivity contribution in [2.24, 2.45) is 0 Å². The van der Waals surface area contributed by atoms with E-state index in [-0.39, 0.29) is 18.4 Å². The molecule has 1 aliphatic rings. The monoisotopic (exact) mass is 222 g/mol. The minimum Gasteiger partial charge on any atom is -0.465 e. The summed E-state index contributed by atoms with van der Waals surface area (Å²) in [5.41, 5.74) is 0. The van der Waals surface area contributed by atoms with Gasteiger partial charge in [0.05, 0.1) is 0 Å². The van der Waals surface area contributed by atoms with Crippen molar-refractivity contribution in [3.63, 3.8) is 0 Å². The van der Waals surface area contributed by atoms with Crippen LogP contribution in [0.5, 0.6) is 0 Å². The molecule has 4 nitrogen and oxygen atoms in total. The minimum absolute atomic E-state index is 0. The quantitative estimate of drug-likeness (QED) is 0.762. The van der Waals surface area contributed by atoms with Crippen LogP contribution < -0.4 is 5.32 Å². The van der Waals surface area contributed by atoms with Crippen LogP contribution in [0.1, 0.15) is 26.2 Å². The topological polar surface area (TPSA) is 52.6 Å². The zero-order valence-corrected chi connectivity index (χ0v) is 9.35.